The van der Waals surface area contributed by atoms with Crippen molar-refractivity contribution in [2.24, 2.45) is 5.73 Å². The molecule has 0 aliphatic carbocycles. The summed E-state index contributed by atoms with van der Waals surface area (Å²) in [4.78, 5) is 0. The van der Waals surface area contributed by atoms with Crippen LogP contribution in [0.3, 0.4) is 0 Å². The first-order chi connectivity index (χ1) is 8.13. The van der Waals surface area contributed by atoms with Crippen LogP contribution in [0.4, 0.5) is 8.78 Å². The summed E-state index contributed by atoms with van der Waals surface area (Å²) in [6, 6.07) is 3.80. The van der Waals surface area contributed by atoms with E-state index in [4.69, 9.17) is 10.5 Å². The Morgan fingerprint density at radius 3 is 2.65 bits per heavy atom. The lowest BCUT2D eigenvalue weighted by atomic mass is 10.0. The summed E-state index contributed by atoms with van der Waals surface area (Å²) >= 11 is 0. The number of nitrogens with two attached hydrogens (primary N) is 1. The number of hydrogen-bond donors (Lipinski definition) is 1. The third kappa shape index (κ3) is 5.24. The number of halogens is 2. The molecule has 0 fully saturated rings. The first-order valence-corrected chi connectivity index (χ1v) is 5.90. The maximum absolute atomic E-state index is 12.9. The molecule has 1 aromatic carbocycles. The van der Waals surface area contributed by atoms with E-state index in [1.807, 2.05) is 6.92 Å². The Hall–Kier alpha value is -1.00. The zero-order valence-electron chi connectivity index (χ0n) is 10.1. The highest BCUT2D eigenvalue weighted by atomic mass is 19.2. The Kier molecular flexibility index (Phi) is 6.08. The SMILES string of the molecule is CCCOCCC(N)Cc1ccc(F)c(F)c1. The van der Waals surface area contributed by atoms with Crippen molar-refractivity contribution >= 4 is 0 Å². The van der Waals surface area contributed by atoms with E-state index in [2.05, 4.69) is 0 Å². The minimum absolute atomic E-state index is 0.0864. The number of hydrogen-bond acceptors (Lipinski definition) is 2. The van der Waals surface area contributed by atoms with Gasteiger partial charge in [-0.05, 0) is 37.0 Å². The van der Waals surface area contributed by atoms with Crippen molar-refractivity contribution < 1.29 is 13.5 Å². The second kappa shape index (κ2) is 7.35. The summed E-state index contributed by atoms with van der Waals surface area (Å²) in [5.74, 6) is -1.65. The fourth-order valence-corrected chi connectivity index (χ4v) is 1.55. The second-order valence-electron chi connectivity index (χ2n) is 4.11. The Morgan fingerprint density at radius 1 is 1.24 bits per heavy atom. The molecule has 2 nitrogen and oxygen atoms in total. The van der Waals surface area contributed by atoms with Crippen molar-refractivity contribution in [2.75, 3.05) is 13.2 Å². The molecular formula is C13H19F2NO. The molecule has 0 aromatic heterocycles. The molecule has 0 amide bonds. The Morgan fingerprint density at radius 2 is 2.00 bits per heavy atom. The largest absolute Gasteiger partial charge is 0.381 e. The number of benzene rings is 1. The van der Waals surface area contributed by atoms with E-state index in [-0.39, 0.29) is 6.04 Å². The molecule has 4 heteroatoms. The van der Waals surface area contributed by atoms with E-state index < -0.39 is 11.6 Å². The minimum atomic E-state index is -0.825. The zero-order chi connectivity index (χ0) is 12.7. The zero-order valence-corrected chi connectivity index (χ0v) is 10.1. The lowest BCUT2D eigenvalue weighted by molar-refractivity contribution is 0.127. The molecule has 1 aromatic rings. The average molecular weight is 243 g/mol. The number of rotatable bonds is 7. The first kappa shape index (κ1) is 14.1. The quantitative estimate of drug-likeness (QED) is 0.747. The van der Waals surface area contributed by atoms with Crippen LogP contribution < -0.4 is 5.73 Å². The molecule has 0 saturated heterocycles. The normalized spacial score (nSPS) is 12.7. The van der Waals surface area contributed by atoms with Crippen LogP contribution in [0.2, 0.25) is 0 Å². The molecule has 17 heavy (non-hydrogen) atoms. The van der Waals surface area contributed by atoms with Gasteiger partial charge in [-0.1, -0.05) is 13.0 Å². The predicted octanol–water partition coefficient (Wildman–Crippen LogP) is 2.65. The molecular weight excluding hydrogens is 224 g/mol. The average Bonchev–Trinajstić information content (AvgIpc) is 2.30. The highest BCUT2D eigenvalue weighted by Crippen LogP contribution is 2.11. The van der Waals surface area contributed by atoms with Crippen LogP contribution in [0, 0.1) is 11.6 Å². The lowest BCUT2D eigenvalue weighted by Crippen LogP contribution is -2.24. The maximum atomic E-state index is 12.9. The van der Waals surface area contributed by atoms with E-state index in [9.17, 15) is 8.78 Å². The topological polar surface area (TPSA) is 35.2 Å². The van der Waals surface area contributed by atoms with E-state index >= 15 is 0 Å². The predicted molar refractivity (Wildman–Crippen MR) is 63.8 cm³/mol. The Bertz CT molecular complexity index is 344. The van der Waals surface area contributed by atoms with Crippen LogP contribution in [-0.2, 0) is 11.2 Å². The van der Waals surface area contributed by atoms with Gasteiger partial charge in [0, 0.05) is 19.3 Å². The molecule has 1 unspecified atom stereocenters. The van der Waals surface area contributed by atoms with Gasteiger partial charge < -0.3 is 10.5 Å². The molecule has 0 saturated carbocycles. The molecule has 0 aliphatic heterocycles. The fourth-order valence-electron chi connectivity index (χ4n) is 1.55. The highest BCUT2D eigenvalue weighted by Gasteiger charge is 2.07. The molecule has 0 bridgehead atoms. The van der Waals surface area contributed by atoms with Gasteiger partial charge in [0.1, 0.15) is 0 Å². The van der Waals surface area contributed by atoms with Crippen molar-refractivity contribution in [2.45, 2.75) is 32.2 Å². The number of ether oxygens (including phenoxy) is 1. The van der Waals surface area contributed by atoms with Gasteiger partial charge in [0.25, 0.3) is 0 Å². The molecule has 1 atom stereocenters. The summed E-state index contributed by atoms with van der Waals surface area (Å²) in [6.07, 6.45) is 2.24. The summed E-state index contributed by atoms with van der Waals surface area (Å²) in [7, 11) is 0. The van der Waals surface area contributed by atoms with Gasteiger partial charge >= 0.3 is 0 Å². The highest BCUT2D eigenvalue weighted by molar-refractivity contribution is 5.18. The molecule has 96 valence electrons. The standard InChI is InChI=1S/C13H19F2NO/c1-2-6-17-7-5-11(16)8-10-3-4-12(14)13(15)9-10/h3-4,9,11H,2,5-8,16H2,1H3. The van der Waals surface area contributed by atoms with E-state index in [0.717, 1.165) is 25.5 Å². The van der Waals surface area contributed by atoms with Gasteiger partial charge in [0.05, 0.1) is 0 Å². The van der Waals surface area contributed by atoms with Crippen molar-refractivity contribution in [3.05, 3.63) is 35.4 Å². The van der Waals surface area contributed by atoms with Crippen molar-refractivity contribution in [1.82, 2.24) is 0 Å². The van der Waals surface area contributed by atoms with Crippen molar-refractivity contribution in [1.29, 1.82) is 0 Å². The summed E-state index contributed by atoms with van der Waals surface area (Å²) in [5, 5.41) is 0. The van der Waals surface area contributed by atoms with Crippen LogP contribution in [0.1, 0.15) is 25.3 Å². The Balaban J connectivity index is 2.34. The molecule has 1 rings (SSSR count). The molecule has 0 radical (unpaired) electrons. The van der Waals surface area contributed by atoms with Gasteiger partial charge in [-0.2, -0.15) is 0 Å². The summed E-state index contributed by atoms with van der Waals surface area (Å²) < 4.78 is 31.0. The monoisotopic (exact) mass is 243 g/mol. The van der Waals surface area contributed by atoms with Gasteiger partial charge in [-0.3, -0.25) is 0 Å². The van der Waals surface area contributed by atoms with Crippen LogP contribution in [0.15, 0.2) is 18.2 Å². The van der Waals surface area contributed by atoms with Crippen molar-refractivity contribution in [3.8, 4) is 0 Å². The van der Waals surface area contributed by atoms with E-state index in [0.29, 0.717) is 18.6 Å². The first-order valence-electron chi connectivity index (χ1n) is 5.90. The third-order valence-corrected chi connectivity index (χ3v) is 2.46. The molecule has 0 aliphatic rings. The second-order valence-corrected chi connectivity index (χ2v) is 4.11. The third-order valence-electron chi connectivity index (χ3n) is 2.46. The van der Waals surface area contributed by atoms with Gasteiger partial charge in [0.15, 0.2) is 11.6 Å². The maximum Gasteiger partial charge on any atom is 0.159 e. The molecule has 2 N–H and O–H groups in total. The Labute approximate surface area is 101 Å². The van der Waals surface area contributed by atoms with Gasteiger partial charge in [-0.25, -0.2) is 8.78 Å². The molecule has 0 spiro atoms. The van der Waals surface area contributed by atoms with E-state index in [1.54, 1.807) is 6.07 Å². The lowest BCUT2D eigenvalue weighted by Gasteiger charge is -2.11. The minimum Gasteiger partial charge on any atom is -0.381 e. The summed E-state index contributed by atoms with van der Waals surface area (Å²) in [5.41, 5.74) is 6.59. The van der Waals surface area contributed by atoms with Gasteiger partial charge in [-0.15, -0.1) is 0 Å². The van der Waals surface area contributed by atoms with Crippen LogP contribution in [0.25, 0.3) is 0 Å². The van der Waals surface area contributed by atoms with Gasteiger partial charge in [0.2, 0.25) is 0 Å². The van der Waals surface area contributed by atoms with E-state index in [1.165, 1.54) is 6.07 Å². The van der Waals surface area contributed by atoms with Crippen LogP contribution in [-0.4, -0.2) is 19.3 Å². The van der Waals surface area contributed by atoms with Crippen molar-refractivity contribution in [3.63, 3.8) is 0 Å². The fraction of sp³-hybridized carbons (Fsp3) is 0.538. The smallest absolute Gasteiger partial charge is 0.159 e. The van der Waals surface area contributed by atoms with Crippen LogP contribution >= 0.6 is 0 Å². The van der Waals surface area contributed by atoms with Crippen LogP contribution in [0.5, 0.6) is 0 Å². The summed E-state index contributed by atoms with van der Waals surface area (Å²) in [6.45, 7) is 3.39. The molecule has 0 heterocycles.